The quantitative estimate of drug-likeness (QED) is 0.669. The van der Waals surface area contributed by atoms with Crippen LogP contribution in [0.3, 0.4) is 0 Å². The Morgan fingerprint density at radius 2 is 1.68 bits per heavy atom. The number of nitrogens with one attached hydrogen (secondary N) is 1. The van der Waals surface area contributed by atoms with Crippen LogP contribution in [0.1, 0.15) is 40.5 Å². The number of ketones is 1. The van der Waals surface area contributed by atoms with E-state index >= 15 is 0 Å². The van der Waals surface area contributed by atoms with Gasteiger partial charge < -0.3 is 10.7 Å². The number of aromatic amines is 1. The van der Waals surface area contributed by atoms with E-state index in [1.165, 1.54) is 0 Å². The Bertz CT molecular complexity index is 1000. The fraction of sp³-hybridized carbons (Fsp3) is 0.304. The Labute approximate surface area is 164 Å². The lowest BCUT2D eigenvalue weighted by Crippen LogP contribution is -2.43. The summed E-state index contributed by atoms with van der Waals surface area (Å²) in [5.41, 5.74) is 9.09. The molecule has 4 rings (SSSR count). The second-order valence-electron chi connectivity index (χ2n) is 7.56. The maximum absolute atomic E-state index is 13.8. The van der Waals surface area contributed by atoms with E-state index < -0.39 is 0 Å². The van der Waals surface area contributed by atoms with Gasteiger partial charge in [0.25, 0.3) is 0 Å². The molecule has 1 aromatic heterocycles. The molecule has 0 saturated carbocycles. The van der Waals surface area contributed by atoms with E-state index in [0.29, 0.717) is 25.9 Å². The van der Waals surface area contributed by atoms with Gasteiger partial charge >= 0.3 is 0 Å². The van der Waals surface area contributed by atoms with Crippen LogP contribution in [0.5, 0.6) is 0 Å². The maximum Gasteiger partial charge on any atom is 0.220 e. The van der Waals surface area contributed by atoms with Crippen molar-refractivity contribution in [2.75, 3.05) is 13.1 Å². The number of carbonyl (C=O) groups excluding carboxylic acids is 2. The number of amides is 1. The summed E-state index contributed by atoms with van der Waals surface area (Å²) in [6.07, 6.45) is 1.39. The van der Waals surface area contributed by atoms with Crippen LogP contribution in [0.4, 0.5) is 0 Å². The molecule has 3 aromatic rings. The summed E-state index contributed by atoms with van der Waals surface area (Å²) >= 11 is 0. The van der Waals surface area contributed by atoms with Crippen molar-refractivity contribution in [2.45, 2.75) is 25.8 Å². The van der Waals surface area contributed by atoms with Gasteiger partial charge in [-0.2, -0.15) is 0 Å². The van der Waals surface area contributed by atoms with Crippen LogP contribution in [-0.2, 0) is 4.79 Å². The van der Waals surface area contributed by atoms with Gasteiger partial charge in [0.15, 0.2) is 5.78 Å². The number of nitrogens with two attached hydrogens (primary N) is 1. The first-order valence-electron chi connectivity index (χ1n) is 9.76. The Balaban J connectivity index is 1.73. The number of aryl methyl sites for hydroxylation is 1. The van der Waals surface area contributed by atoms with Crippen molar-refractivity contribution >= 4 is 22.6 Å². The number of Topliss-reactive ketones (excluding diaryl/α,β-unsaturated/α-hetero) is 1. The monoisotopic (exact) mass is 375 g/mol. The standard InChI is InChI=1S/C23H25N3O2/c1-15-20(18-9-5-6-10-19(18)25-15)22(27)21(16-7-3-2-4-8-16)26-13-11-17(12-14-26)23(24)28/h2-10,17,21,25H,11-14H2,1H3,(H2,24,28)/t21-/m1/s1. The highest BCUT2D eigenvalue weighted by molar-refractivity contribution is 6.11. The number of likely N-dealkylation sites (tertiary alicyclic amines) is 1. The first-order valence-corrected chi connectivity index (χ1v) is 9.76. The summed E-state index contributed by atoms with van der Waals surface area (Å²) in [4.78, 5) is 30.9. The zero-order chi connectivity index (χ0) is 19.7. The number of primary amides is 1. The highest BCUT2D eigenvalue weighted by Crippen LogP contribution is 2.33. The number of H-pyrrole nitrogens is 1. The number of carbonyl (C=O) groups is 2. The van der Waals surface area contributed by atoms with Crippen molar-refractivity contribution in [3.8, 4) is 0 Å². The second kappa shape index (κ2) is 7.60. The van der Waals surface area contributed by atoms with Gasteiger partial charge in [-0.05, 0) is 44.5 Å². The number of hydrogen-bond acceptors (Lipinski definition) is 3. The summed E-state index contributed by atoms with van der Waals surface area (Å²) in [6, 6.07) is 17.5. The lowest BCUT2D eigenvalue weighted by molar-refractivity contribution is -0.123. The van der Waals surface area contributed by atoms with Gasteiger partial charge in [-0.3, -0.25) is 14.5 Å². The summed E-state index contributed by atoms with van der Waals surface area (Å²) in [7, 11) is 0. The van der Waals surface area contributed by atoms with E-state index in [9.17, 15) is 9.59 Å². The molecule has 1 amide bonds. The van der Waals surface area contributed by atoms with Gasteiger partial charge in [0.2, 0.25) is 5.91 Å². The number of para-hydroxylation sites is 1. The Hall–Kier alpha value is -2.92. The lowest BCUT2D eigenvalue weighted by atomic mass is 9.90. The van der Waals surface area contributed by atoms with Gasteiger partial charge in [0.05, 0.1) is 6.04 Å². The molecule has 0 unspecified atom stereocenters. The zero-order valence-corrected chi connectivity index (χ0v) is 16.0. The third-order valence-electron chi connectivity index (χ3n) is 5.80. The predicted molar refractivity (Wildman–Crippen MR) is 110 cm³/mol. The van der Waals surface area contributed by atoms with Gasteiger partial charge in [0, 0.05) is 28.1 Å². The van der Waals surface area contributed by atoms with E-state index in [4.69, 9.17) is 5.73 Å². The summed E-state index contributed by atoms with van der Waals surface area (Å²) < 4.78 is 0. The van der Waals surface area contributed by atoms with Gasteiger partial charge in [-0.1, -0.05) is 48.5 Å². The van der Waals surface area contributed by atoms with E-state index in [2.05, 4.69) is 9.88 Å². The number of piperidine rings is 1. The molecule has 1 aliphatic heterocycles. The largest absolute Gasteiger partial charge is 0.369 e. The molecule has 0 radical (unpaired) electrons. The molecule has 1 aliphatic rings. The predicted octanol–water partition coefficient (Wildman–Crippen LogP) is 3.60. The van der Waals surface area contributed by atoms with E-state index in [1.54, 1.807) is 0 Å². The van der Waals surface area contributed by atoms with Crippen LogP contribution in [-0.4, -0.2) is 34.7 Å². The number of rotatable bonds is 5. The van der Waals surface area contributed by atoms with Crippen LogP contribution in [0, 0.1) is 12.8 Å². The molecule has 0 aliphatic carbocycles. The Morgan fingerprint density at radius 3 is 2.36 bits per heavy atom. The third-order valence-corrected chi connectivity index (χ3v) is 5.80. The second-order valence-corrected chi connectivity index (χ2v) is 7.56. The molecule has 3 N–H and O–H groups in total. The SMILES string of the molecule is Cc1[nH]c2ccccc2c1C(=O)[C@@H](c1ccccc1)N1CCC(C(N)=O)CC1. The minimum absolute atomic E-state index is 0.0960. The van der Waals surface area contributed by atoms with Crippen molar-refractivity contribution in [3.05, 3.63) is 71.4 Å². The number of nitrogens with zero attached hydrogens (tertiary/aromatic N) is 1. The number of fused-ring (bicyclic) bond motifs is 1. The summed E-state index contributed by atoms with van der Waals surface area (Å²) in [5, 5.41) is 0.956. The molecule has 5 nitrogen and oxygen atoms in total. The van der Waals surface area contributed by atoms with Crippen LogP contribution in [0.15, 0.2) is 54.6 Å². The molecule has 1 fully saturated rings. The fourth-order valence-corrected chi connectivity index (χ4v) is 4.34. The maximum atomic E-state index is 13.8. The average Bonchev–Trinajstić information content (AvgIpc) is 3.05. The van der Waals surface area contributed by atoms with Gasteiger partial charge in [-0.15, -0.1) is 0 Å². The van der Waals surface area contributed by atoms with Crippen LogP contribution >= 0.6 is 0 Å². The molecule has 5 heteroatoms. The van der Waals surface area contributed by atoms with E-state index in [1.807, 2.05) is 61.5 Å². The fourth-order valence-electron chi connectivity index (χ4n) is 4.34. The van der Waals surface area contributed by atoms with Gasteiger partial charge in [-0.25, -0.2) is 0 Å². The minimum atomic E-state index is -0.368. The van der Waals surface area contributed by atoms with Crippen LogP contribution in [0.25, 0.3) is 10.9 Å². The molecule has 0 spiro atoms. The first-order chi connectivity index (χ1) is 13.6. The molecule has 28 heavy (non-hydrogen) atoms. The molecule has 0 bridgehead atoms. The van der Waals surface area contributed by atoms with Crippen molar-refractivity contribution < 1.29 is 9.59 Å². The molecule has 2 aromatic carbocycles. The molecular weight excluding hydrogens is 350 g/mol. The average molecular weight is 375 g/mol. The Morgan fingerprint density at radius 1 is 1.04 bits per heavy atom. The third kappa shape index (κ3) is 3.34. The normalized spacial score (nSPS) is 16.9. The summed E-state index contributed by atoms with van der Waals surface area (Å²) in [6.45, 7) is 3.31. The lowest BCUT2D eigenvalue weighted by Gasteiger charge is -2.36. The molecule has 1 saturated heterocycles. The molecule has 1 atom stereocenters. The van der Waals surface area contributed by atoms with Crippen molar-refractivity contribution in [1.29, 1.82) is 0 Å². The Kier molecular flexibility index (Phi) is 5.01. The number of hydrogen-bond donors (Lipinski definition) is 2. The van der Waals surface area contributed by atoms with Crippen molar-refractivity contribution in [3.63, 3.8) is 0 Å². The van der Waals surface area contributed by atoms with Crippen LogP contribution in [0.2, 0.25) is 0 Å². The van der Waals surface area contributed by atoms with Crippen LogP contribution < -0.4 is 5.73 Å². The highest BCUT2D eigenvalue weighted by Gasteiger charge is 2.34. The minimum Gasteiger partial charge on any atom is -0.369 e. The molecule has 144 valence electrons. The molecule has 2 heterocycles. The number of benzene rings is 2. The van der Waals surface area contributed by atoms with E-state index in [0.717, 1.165) is 27.7 Å². The zero-order valence-electron chi connectivity index (χ0n) is 16.0. The highest BCUT2D eigenvalue weighted by atomic mass is 16.1. The molecular formula is C23H25N3O2. The first kappa shape index (κ1) is 18.4. The topological polar surface area (TPSA) is 79.2 Å². The number of aromatic nitrogens is 1. The van der Waals surface area contributed by atoms with Crippen molar-refractivity contribution in [2.24, 2.45) is 11.7 Å². The summed E-state index contributed by atoms with van der Waals surface area (Å²) in [5.74, 6) is -0.244. The van der Waals surface area contributed by atoms with Gasteiger partial charge in [0.1, 0.15) is 0 Å². The van der Waals surface area contributed by atoms with E-state index in [-0.39, 0.29) is 23.7 Å². The smallest absolute Gasteiger partial charge is 0.220 e. The van der Waals surface area contributed by atoms with Crippen molar-refractivity contribution in [1.82, 2.24) is 9.88 Å².